The molecule has 1 rings (SSSR count). The number of hydrogen-bond donors (Lipinski definition) is 3. The first kappa shape index (κ1) is 12.2. The Kier molecular flexibility index (Phi) is 3.86. The van der Waals surface area contributed by atoms with Crippen molar-refractivity contribution in [3.05, 3.63) is 29.8 Å². The number of nitrogens with one attached hydrogen (secondary N) is 1. The molecule has 1 aromatic rings. The third kappa shape index (κ3) is 3.63. The van der Waals surface area contributed by atoms with Crippen LogP contribution in [-0.2, 0) is 15.8 Å². The van der Waals surface area contributed by atoms with E-state index in [0.717, 1.165) is 0 Å². The predicted octanol–water partition coefficient (Wildman–Crippen LogP) is -1.58. The lowest BCUT2D eigenvalue weighted by Crippen LogP contribution is -2.29. The Morgan fingerprint density at radius 1 is 1.27 bits per heavy atom. The molecular formula is C8H12BNO4S. The summed E-state index contributed by atoms with van der Waals surface area (Å²) < 4.78 is 24.6. The Labute approximate surface area is 89.0 Å². The third-order valence-electron chi connectivity index (χ3n) is 1.95. The van der Waals surface area contributed by atoms with Gasteiger partial charge in [-0.2, -0.15) is 0 Å². The molecule has 0 aliphatic rings. The highest BCUT2D eigenvalue weighted by Crippen LogP contribution is 2.02. The first-order valence-electron chi connectivity index (χ1n) is 4.31. The van der Waals surface area contributed by atoms with Gasteiger partial charge in [0.25, 0.3) is 0 Å². The molecule has 5 nitrogen and oxygen atoms in total. The van der Waals surface area contributed by atoms with E-state index in [4.69, 9.17) is 10.0 Å². The fourth-order valence-corrected chi connectivity index (χ4v) is 1.85. The highest BCUT2D eigenvalue weighted by molar-refractivity contribution is 7.88. The molecule has 0 aromatic heterocycles. The van der Waals surface area contributed by atoms with Crippen LogP contribution in [0.4, 0.5) is 0 Å². The molecule has 82 valence electrons. The Hall–Kier alpha value is -0.885. The van der Waals surface area contributed by atoms with E-state index in [9.17, 15) is 8.42 Å². The maximum Gasteiger partial charge on any atom is 0.488 e. The SMILES string of the molecule is CNS(=O)(=O)Cc1ccc(B(O)O)cc1. The molecule has 0 saturated carbocycles. The zero-order valence-corrected chi connectivity index (χ0v) is 9.03. The minimum atomic E-state index is -3.28. The fourth-order valence-electron chi connectivity index (χ4n) is 1.08. The summed E-state index contributed by atoms with van der Waals surface area (Å²) in [5, 5.41) is 17.6. The van der Waals surface area contributed by atoms with Crippen molar-refractivity contribution in [2.75, 3.05) is 7.05 Å². The van der Waals surface area contributed by atoms with Crippen molar-refractivity contribution < 1.29 is 18.5 Å². The second-order valence-corrected chi connectivity index (χ2v) is 5.00. The van der Waals surface area contributed by atoms with Crippen molar-refractivity contribution in [3.8, 4) is 0 Å². The largest absolute Gasteiger partial charge is 0.488 e. The van der Waals surface area contributed by atoms with E-state index in [1.807, 2.05) is 0 Å². The third-order valence-corrected chi connectivity index (χ3v) is 3.28. The van der Waals surface area contributed by atoms with Crippen LogP contribution in [0.3, 0.4) is 0 Å². The molecule has 0 aliphatic heterocycles. The van der Waals surface area contributed by atoms with Crippen molar-refractivity contribution in [3.63, 3.8) is 0 Å². The molecule has 15 heavy (non-hydrogen) atoms. The average molecular weight is 229 g/mol. The summed E-state index contributed by atoms with van der Waals surface area (Å²) in [7, 11) is -3.46. The summed E-state index contributed by atoms with van der Waals surface area (Å²) in [6.45, 7) is 0. The summed E-state index contributed by atoms with van der Waals surface area (Å²) in [5.74, 6) is -0.120. The van der Waals surface area contributed by atoms with Gasteiger partial charge in [-0.25, -0.2) is 13.1 Å². The smallest absolute Gasteiger partial charge is 0.423 e. The van der Waals surface area contributed by atoms with E-state index in [2.05, 4.69) is 4.72 Å². The normalized spacial score (nSPS) is 11.4. The van der Waals surface area contributed by atoms with Gasteiger partial charge in [-0.05, 0) is 18.1 Å². The van der Waals surface area contributed by atoms with Gasteiger partial charge in [0, 0.05) is 0 Å². The van der Waals surface area contributed by atoms with Crippen molar-refractivity contribution in [2.24, 2.45) is 0 Å². The second kappa shape index (κ2) is 4.76. The van der Waals surface area contributed by atoms with Gasteiger partial charge < -0.3 is 10.0 Å². The van der Waals surface area contributed by atoms with Gasteiger partial charge in [-0.3, -0.25) is 0 Å². The van der Waals surface area contributed by atoms with Crippen LogP contribution in [0.2, 0.25) is 0 Å². The standard InChI is InChI=1S/C8H12BNO4S/c1-10-15(13,14)6-7-2-4-8(5-3-7)9(11)12/h2-5,10-12H,6H2,1H3. The predicted molar refractivity (Wildman–Crippen MR) is 58.0 cm³/mol. The van der Waals surface area contributed by atoms with E-state index < -0.39 is 17.1 Å². The van der Waals surface area contributed by atoms with Gasteiger partial charge in [0.1, 0.15) is 0 Å². The topological polar surface area (TPSA) is 86.6 Å². The molecule has 0 amide bonds. The minimum Gasteiger partial charge on any atom is -0.423 e. The van der Waals surface area contributed by atoms with Crippen molar-refractivity contribution >= 4 is 22.6 Å². The Morgan fingerprint density at radius 2 is 1.80 bits per heavy atom. The molecular weight excluding hydrogens is 217 g/mol. The average Bonchev–Trinajstić information content (AvgIpc) is 2.18. The first-order valence-corrected chi connectivity index (χ1v) is 5.96. The molecule has 0 aliphatic carbocycles. The lowest BCUT2D eigenvalue weighted by Gasteiger charge is -2.04. The molecule has 0 radical (unpaired) electrons. The molecule has 0 unspecified atom stereocenters. The lowest BCUT2D eigenvalue weighted by atomic mass is 9.80. The monoisotopic (exact) mass is 229 g/mol. The zero-order chi connectivity index (χ0) is 11.5. The van der Waals surface area contributed by atoms with E-state index in [-0.39, 0.29) is 5.75 Å². The van der Waals surface area contributed by atoms with Gasteiger partial charge in [0.05, 0.1) is 5.75 Å². The molecule has 0 atom stereocenters. The van der Waals surface area contributed by atoms with Gasteiger partial charge in [-0.1, -0.05) is 24.3 Å². The van der Waals surface area contributed by atoms with Crippen molar-refractivity contribution in [2.45, 2.75) is 5.75 Å². The first-order chi connectivity index (χ1) is 6.94. The van der Waals surface area contributed by atoms with Gasteiger partial charge in [0.15, 0.2) is 0 Å². The fraction of sp³-hybridized carbons (Fsp3) is 0.250. The molecule has 7 heteroatoms. The van der Waals surface area contributed by atoms with Crippen LogP contribution in [0, 0.1) is 0 Å². The van der Waals surface area contributed by atoms with E-state index in [1.165, 1.54) is 19.2 Å². The van der Waals surface area contributed by atoms with E-state index >= 15 is 0 Å². The summed E-state index contributed by atoms with van der Waals surface area (Å²) in [4.78, 5) is 0. The lowest BCUT2D eigenvalue weighted by molar-refractivity contribution is 0.426. The number of sulfonamides is 1. The molecule has 0 fully saturated rings. The Morgan fingerprint density at radius 3 is 2.20 bits per heavy atom. The maximum absolute atomic E-state index is 11.2. The van der Waals surface area contributed by atoms with Crippen molar-refractivity contribution in [1.82, 2.24) is 4.72 Å². The molecule has 0 spiro atoms. The number of rotatable bonds is 4. The van der Waals surface area contributed by atoms with Crippen molar-refractivity contribution in [1.29, 1.82) is 0 Å². The van der Waals surface area contributed by atoms with Crippen LogP contribution in [0.1, 0.15) is 5.56 Å². The molecule has 0 heterocycles. The number of hydrogen-bond acceptors (Lipinski definition) is 4. The summed E-state index contributed by atoms with van der Waals surface area (Å²) >= 11 is 0. The molecule has 0 bridgehead atoms. The highest BCUT2D eigenvalue weighted by Gasteiger charge is 2.12. The molecule has 3 N–H and O–H groups in total. The minimum absolute atomic E-state index is 0.120. The van der Waals surface area contributed by atoms with Crippen LogP contribution in [0.5, 0.6) is 0 Å². The Bertz CT molecular complexity index is 415. The zero-order valence-electron chi connectivity index (χ0n) is 8.21. The summed E-state index contributed by atoms with van der Waals surface area (Å²) in [6.07, 6.45) is 0. The van der Waals surface area contributed by atoms with Crippen LogP contribution in [0.25, 0.3) is 0 Å². The van der Waals surface area contributed by atoms with E-state index in [0.29, 0.717) is 11.0 Å². The summed E-state index contributed by atoms with van der Waals surface area (Å²) in [5.41, 5.74) is 0.925. The van der Waals surface area contributed by atoms with Crippen LogP contribution >= 0.6 is 0 Å². The van der Waals surface area contributed by atoms with Gasteiger partial charge >= 0.3 is 7.12 Å². The van der Waals surface area contributed by atoms with Gasteiger partial charge in [-0.15, -0.1) is 0 Å². The maximum atomic E-state index is 11.2. The quantitative estimate of drug-likeness (QED) is 0.543. The highest BCUT2D eigenvalue weighted by atomic mass is 32.2. The Balaban J connectivity index is 2.82. The van der Waals surface area contributed by atoms with Crippen LogP contribution in [-0.4, -0.2) is 32.6 Å². The summed E-state index contributed by atoms with van der Waals surface area (Å²) in [6, 6.07) is 6.05. The van der Waals surface area contributed by atoms with Gasteiger partial charge in [0.2, 0.25) is 10.0 Å². The van der Waals surface area contributed by atoms with Crippen LogP contribution < -0.4 is 10.2 Å². The van der Waals surface area contributed by atoms with E-state index in [1.54, 1.807) is 12.1 Å². The number of benzene rings is 1. The second-order valence-electron chi connectivity index (χ2n) is 3.08. The molecule has 1 aromatic carbocycles. The van der Waals surface area contributed by atoms with Crippen LogP contribution in [0.15, 0.2) is 24.3 Å². The molecule has 0 saturated heterocycles.